The average molecular weight is 293 g/mol. The van der Waals surface area contributed by atoms with Crippen molar-refractivity contribution in [2.24, 2.45) is 0 Å². The second kappa shape index (κ2) is 6.22. The molecule has 0 radical (unpaired) electrons. The first kappa shape index (κ1) is 14.0. The second-order valence-corrected chi connectivity index (χ2v) is 4.89. The van der Waals surface area contributed by atoms with Crippen LogP contribution in [0.3, 0.4) is 0 Å². The van der Waals surface area contributed by atoms with Crippen LogP contribution in [0, 0.1) is 0 Å². The first-order chi connectivity index (χ1) is 10.7. The molecule has 3 aromatic rings. The largest absolute Gasteiger partial charge is 0.457 e. The minimum absolute atomic E-state index is 0.130. The minimum atomic E-state index is -0.332. The van der Waals surface area contributed by atoms with E-state index in [2.05, 4.69) is 10.1 Å². The zero-order chi connectivity index (χ0) is 15.4. The van der Waals surface area contributed by atoms with Gasteiger partial charge < -0.3 is 4.74 Å². The molecule has 5 heteroatoms. The quantitative estimate of drug-likeness (QED) is 0.738. The van der Waals surface area contributed by atoms with E-state index < -0.39 is 0 Å². The first-order valence-corrected chi connectivity index (χ1v) is 6.96. The van der Waals surface area contributed by atoms with Gasteiger partial charge in [0, 0.05) is 0 Å². The number of carbonyl (C=O) groups is 1. The lowest BCUT2D eigenvalue weighted by Gasteiger charge is -2.12. The van der Waals surface area contributed by atoms with Crippen LogP contribution in [-0.2, 0) is 0 Å². The smallest absolute Gasteiger partial charge is 0.255 e. The zero-order valence-electron chi connectivity index (χ0n) is 12.1. The standard InChI is InChI=1S/C17H15N3O2/c1-13(17(21)20-12-18-11-19-20)14-6-5-9-16(10-14)22-15-7-3-2-4-8-15/h2-13H,1H3/t13-/m1/s1. The molecule has 0 aliphatic carbocycles. The summed E-state index contributed by atoms with van der Waals surface area (Å²) in [6, 6.07) is 17.0. The van der Waals surface area contributed by atoms with Gasteiger partial charge in [0.2, 0.25) is 0 Å². The predicted octanol–water partition coefficient (Wildman–Crippen LogP) is 3.51. The molecular weight excluding hydrogens is 278 g/mol. The molecule has 0 saturated carbocycles. The Bertz CT molecular complexity index is 755. The molecule has 1 aromatic heterocycles. The Labute approximate surface area is 128 Å². The van der Waals surface area contributed by atoms with Crippen molar-refractivity contribution in [3.05, 3.63) is 72.8 Å². The molecule has 22 heavy (non-hydrogen) atoms. The molecule has 0 saturated heterocycles. The van der Waals surface area contributed by atoms with Crippen LogP contribution in [0.2, 0.25) is 0 Å². The maximum Gasteiger partial charge on any atom is 0.255 e. The average Bonchev–Trinajstić information content (AvgIpc) is 3.09. The molecule has 0 aliphatic rings. The van der Waals surface area contributed by atoms with E-state index in [9.17, 15) is 4.79 Å². The third kappa shape index (κ3) is 3.03. The summed E-state index contributed by atoms with van der Waals surface area (Å²) in [5.74, 6) is 0.993. The number of benzene rings is 2. The highest BCUT2D eigenvalue weighted by Gasteiger charge is 2.18. The Balaban J connectivity index is 1.80. The van der Waals surface area contributed by atoms with E-state index in [1.54, 1.807) is 0 Å². The number of para-hydroxylation sites is 1. The van der Waals surface area contributed by atoms with E-state index in [0.717, 1.165) is 11.3 Å². The van der Waals surface area contributed by atoms with Crippen molar-refractivity contribution >= 4 is 5.91 Å². The van der Waals surface area contributed by atoms with Crippen LogP contribution >= 0.6 is 0 Å². The van der Waals surface area contributed by atoms with Crippen molar-refractivity contribution in [1.82, 2.24) is 14.8 Å². The van der Waals surface area contributed by atoms with Gasteiger partial charge in [-0.15, -0.1) is 0 Å². The Morgan fingerprint density at radius 2 is 1.86 bits per heavy atom. The number of aromatic nitrogens is 3. The van der Waals surface area contributed by atoms with E-state index in [-0.39, 0.29) is 11.8 Å². The fourth-order valence-electron chi connectivity index (χ4n) is 2.14. The highest BCUT2D eigenvalue weighted by Crippen LogP contribution is 2.25. The SMILES string of the molecule is C[C@@H](C(=O)n1cncn1)c1cccc(Oc2ccccc2)c1. The third-order valence-electron chi connectivity index (χ3n) is 3.35. The van der Waals surface area contributed by atoms with Gasteiger partial charge in [-0.2, -0.15) is 9.78 Å². The number of nitrogens with zero attached hydrogens (tertiary/aromatic N) is 3. The van der Waals surface area contributed by atoms with Crippen molar-refractivity contribution in [2.45, 2.75) is 12.8 Å². The van der Waals surface area contributed by atoms with E-state index in [4.69, 9.17) is 4.74 Å². The summed E-state index contributed by atoms with van der Waals surface area (Å²) in [5.41, 5.74) is 0.869. The first-order valence-electron chi connectivity index (χ1n) is 6.96. The Kier molecular flexibility index (Phi) is 3.96. The normalized spacial score (nSPS) is 11.9. The molecule has 0 N–H and O–H groups in total. The summed E-state index contributed by atoms with van der Waals surface area (Å²) < 4.78 is 7.04. The highest BCUT2D eigenvalue weighted by atomic mass is 16.5. The molecule has 0 fully saturated rings. The van der Waals surface area contributed by atoms with Crippen LogP contribution in [0.25, 0.3) is 0 Å². The van der Waals surface area contributed by atoms with Gasteiger partial charge in [-0.3, -0.25) is 4.79 Å². The summed E-state index contributed by atoms with van der Waals surface area (Å²) in [7, 11) is 0. The van der Waals surface area contributed by atoms with Crippen LogP contribution in [-0.4, -0.2) is 20.7 Å². The molecule has 0 amide bonds. The van der Waals surface area contributed by atoms with Gasteiger partial charge in [0.05, 0.1) is 5.92 Å². The molecule has 1 heterocycles. The van der Waals surface area contributed by atoms with Crippen LogP contribution in [0.4, 0.5) is 0 Å². The van der Waals surface area contributed by atoms with Crippen molar-refractivity contribution in [2.75, 3.05) is 0 Å². The molecule has 0 bridgehead atoms. The lowest BCUT2D eigenvalue weighted by molar-refractivity contribution is 0.0868. The monoisotopic (exact) mass is 293 g/mol. The van der Waals surface area contributed by atoms with Gasteiger partial charge in [0.25, 0.3) is 5.91 Å². The summed E-state index contributed by atoms with van der Waals surface area (Å²) in [5, 5.41) is 3.88. The van der Waals surface area contributed by atoms with Crippen molar-refractivity contribution in [3.8, 4) is 11.5 Å². The maximum atomic E-state index is 12.3. The van der Waals surface area contributed by atoms with Gasteiger partial charge in [-0.1, -0.05) is 30.3 Å². The predicted molar refractivity (Wildman–Crippen MR) is 82.0 cm³/mol. The lowest BCUT2D eigenvalue weighted by Crippen LogP contribution is -2.18. The molecule has 110 valence electrons. The van der Waals surface area contributed by atoms with Crippen LogP contribution in [0.5, 0.6) is 11.5 Å². The molecule has 0 aliphatic heterocycles. The molecule has 3 rings (SSSR count). The number of hydrogen-bond donors (Lipinski definition) is 0. The fraction of sp³-hybridized carbons (Fsp3) is 0.118. The van der Waals surface area contributed by atoms with Crippen molar-refractivity contribution < 1.29 is 9.53 Å². The number of carbonyl (C=O) groups excluding carboxylic acids is 1. The molecule has 2 aromatic carbocycles. The Morgan fingerprint density at radius 3 is 2.59 bits per heavy atom. The molecule has 0 spiro atoms. The maximum absolute atomic E-state index is 12.3. The van der Waals surface area contributed by atoms with Gasteiger partial charge >= 0.3 is 0 Å². The minimum Gasteiger partial charge on any atom is -0.457 e. The Morgan fingerprint density at radius 1 is 1.09 bits per heavy atom. The van der Waals surface area contributed by atoms with E-state index in [1.807, 2.05) is 61.5 Å². The van der Waals surface area contributed by atoms with Gasteiger partial charge in [0.15, 0.2) is 0 Å². The number of rotatable bonds is 4. The van der Waals surface area contributed by atoms with Crippen molar-refractivity contribution in [1.29, 1.82) is 0 Å². The number of hydrogen-bond acceptors (Lipinski definition) is 4. The zero-order valence-corrected chi connectivity index (χ0v) is 12.1. The lowest BCUT2D eigenvalue weighted by atomic mass is 10.0. The van der Waals surface area contributed by atoms with Crippen LogP contribution in [0.1, 0.15) is 23.2 Å². The van der Waals surface area contributed by atoms with Crippen molar-refractivity contribution in [3.63, 3.8) is 0 Å². The van der Waals surface area contributed by atoms with Gasteiger partial charge in [-0.25, -0.2) is 4.98 Å². The van der Waals surface area contributed by atoms with Gasteiger partial charge in [-0.05, 0) is 36.8 Å². The molecule has 5 nitrogen and oxygen atoms in total. The summed E-state index contributed by atoms with van der Waals surface area (Å²) in [6.07, 6.45) is 2.75. The highest BCUT2D eigenvalue weighted by molar-refractivity contribution is 5.84. The summed E-state index contributed by atoms with van der Waals surface area (Å²) in [4.78, 5) is 16.1. The molecular formula is C17H15N3O2. The van der Waals surface area contributed by atoms with E-state index in [1.165, 1.54) is 17.3 Å². The summed E-state index contributed by atoms with van der Waals surface area (Å²) >= 11 is 0. The van der Waals surface area contributed by atoms with E-state index >= 15 is 0 Å². The molecule has 0 unspecified atom stereocenters. The Hall–Kier alpha value is -2.95. The van der Waals surface area contributed by atoms with Crippen LogP contribution in [0.15, 0.2) is 67.3 Å². The van der Waals surface area contributed by atoms with E-state index in [0.29, 0.717) is 5.75 Å². The second-order valence-electron chi connectivity index (χ2n) is 4.89. The topological polar surface area (TPSA) is 57.0 Å². The number of ether oxygens (including phenoxy) is 1. The summed E-state index contributed by atoms with van der Waals surface area (Å²) in [6.45, 7) is 1.84. The van der Waals surface area contributed by atoms with Crippen LogP contribution < -0.4 is 4.74 Å². The molecule has 1 atom stereocenters. The van der Waals surface area contributed by atoms with Gasteiger partial charge in [0.1, 0.15) is 24.2 Å². The third-order valence-corrected chi connectivity index (χ3v) is 3.35. The fourth-order valence-corrected chi connectivity index (χ4v) is 2.14.